The van der Waals surface area contributed by atoms with Gasteiger partial charge in [-0.15, -0.1) is 0 Å². The van der Waals surface area contributed by atoms with Gasteiger partial charge in [0, 0.05) is 18.2 Å². The Morgan fingerprint density at radius 2 is 1.83 bits per heavy atom. The van der Waals surface area contributed by atoms with Crippen LogP contribution in [0.3, 0.4) is 0 Å². The van der Waals surface area contributed by atoms with E-state index in [-0.39, 0.29) is 16.7 Å². The number of rotatable bonds is 5. The van der Waals surface area contributed by atoms with E-state index in [2.05, 4.69) is 4.72 Å². The Morgan fingerprint density at radius 1 is 1.14 bits per heavy atom. The number of amides is 1. The number of benzene rings is 2. The molecule has 0 unspecified atom stereocenters. The summed E-state index contributed by atoms with van der Waals surface area (Å²) in [4.78, 5) is 14.5. The summed E-state index contributed by atoms with van der Waals surface area (Å²) in [7, 11) is -2.40. The van der Waals surface area contributed by atoms with Gasteiger partial charge in [-0.3, -0.25) is 9.52 Å². The number of fused-ring (bicyclic) bond motifs is 1. The van der Waals surface area contributed by atoms with Crippen molar-refractivity contribution in [3.05, 3.63) is 47.0 Å². The van der Waals surface area contributed by atoms with Gasteiger partial charge >= 0.3 is 0 Å². The highest BCUT2D eigenvalue weighted by Crippen LogP contribution is 2.33. The Morgan fingerprint density at radius 3 is 2.48 bits per heavy atom. The van der Waals surface area contributed by atoms with Crippen LogP contribution in [0.5, 0.6) is 5.75 Å². The van der Waals surface area contributed by atoms with Crippen LogP contribution in [0.1, 0.15) is 37.0 Å². The zero-order chi connectivity index (χ0) is 21.3. The fraction of sp³-hybridized carbons (Fsp3) is 0.409. The smallest absolute Gasteiger partial charge is 0.265 e. The predicted molar refractivity (Wildman–Crippen MR) is 115 cm³/mol. The van der Waals surface area contributed by atoms with Gasteiger partial charge in [-0.05, 0) is 67.6 Å². The van der Waals surface area contributed by atoms with Gasteiger partial charge < -0.3 is 9.64 Å². The molecule has 0 fully saturated rings. The van der Waals surface area contributed by atoms with Crippen molar-refractivity contribution >= 4 is 27.3 Å². The lowest BCUT2D eigenvalue weighted by Crippen LogP contribution is -2.38. The minimum Gasteiger partial charge on any atom is -0.495 e. The van der Waals surface area contributed by atoms with E-state index in [4.69, 9.17) is 4.74 Å². The van der Waals surface area contributed by atoms with Crippen LogP contribution in [0.25, 0.3) is 0 Å². The van der Waals surface area contributed by atoms with Gasteiger partial charge in [0.15, 0.2) is 0 Å². The highest BCUT2D eigenvalue weighted by atomic mass is 32.2. The lowest BCUT2D eigenvalue weighted by atomic mass is 9.99. The van der Waals surface area contributed by atoms with Crippen molar-refractivity contribution in [2.24, 2.45) is 5.92 Å². The van der Waals surface area contributed by atoms with Crippen molar-refractivity contribution in [1.82, 2.24) is 0 Å². The molecule has 7 heteroatoms. The monoisotopic (exact) mass is 416 g/mol. The molecule has 2 aromatic rings. The molecule has 6 nitrogen and oxygen atoms in total. The molecule has 1 aliphatic heterocycles. The maximum absolute atomic E-state index is 13.1. The summed E-state index contributed by atoms with van der Waals surface area (Å²) in [6, 6.07) is 8.72. The van der Waals surface area contributed by atoms with Gasteiger partial charge in [0.05, 0.1) is 12.8 Å². The average Bonchev–Trinajstić information content (AvgIpc) is 2.68. The molecule has 1 heterocycles. The summed E-state index contributed by atoms with van der Waals surface area (Å²) in [5.41, 5.74) is 4.08. The molecule has 0 bridgehead atoms. The Bertz CT molecular complexity index is 1050. The van der Waals surface area contributed by atoms with Crippen molar-refractivity contribution in [3.8, 4) is 5.75 Å². The molecule has 1 amide bonds. The summed E-state index contributed by atoms with van der Waals surface area (Å²) in [6.07, 6.45) is 1.77. The third-order valence-corrected chi connectivity index (χ3v) is 6.69. The summed E-state index contributed by atoms with van der Waals surface area (Å²) in [5, 5.41) is 0. The van der Waals surface area contributed by atoms with E-state index in [1.54, 1.807) is 29.2 Å². The number of hydrogen-bond donors (Lipinski definition) is 1. The molecule has 0 spiro atoms. The molecule has 3 rings (SSSR count). The number of carbonyl (C=O) groups excluding carboxylic acids is 1. The molecule has 0 saturated heterocycles. The van der Waals surface area contributed by atoms with Crippen LogP contribution in [0.2, 0.25) is 0 Å². The zero-order valence-electron chi connectivity index (χ0n) is 17.6. The third-order valence-electron chi connectivity index (χ3n) is 5.29. The Labute approximate surface area is 172 Å². The molecular weight excluding hydrogens is 388 g/mol. The number of ether oxygens (including phenoxy) is 1. The van der Waals surface area contributed by atoms with E-state index in [1.165, 1.54) is 7.11 Å². The number of nitrogens with zero attached hydrogens (tertiary/aromatic N) is 1. The lowest BCUT2D eigenvalue weighted by Gasteiger charge is -2.31. The number of methoxy groups -OCH3 is 1. The second-order valence-electron chi connectivity index (χ2n) is 7.78. The minimum absolute atomic E-state index is 0.0433. The summed E-state index contributed by atoms with van der Waals surface area (Å²) in [5.74, 6) is 0.220. The topological polar surface area (TPSA) is 75.7 Å². The molecule has 29 heavy (non-hydrogen) atoms. The van der Waals surface area contributed by atoms with Crippen LogP contribution in [-0.4, -0.2) is 28.0 Å². The maximum atomic E-state index is 13.1. The highest BCUT2D eigenvalue weighted by molar-refractivity contribution is 7.92. The van der Waals surface area contributed by atoms with Crippen LogP contribution in [0.4, 0.5) is 11.4 Å². The molecule has 156 valence electrons. The van der Waals surface area contributed by atoms with E-state index in [0.717, 1.165) is 35.2 Å². The number of sulfonamides is 1. The van der Waals surface area contributed by atoms with Crippen molar-refractivity contribution < 1.29 is 17.9 Å². The van der Waals surface area contributed by atoms with Gasteiger partial charge in [0.2, 0.25) is 5.91 Å². The predicted octanol–water partition coefficient (Wildman–Crippen LogP) is 4.05. The summed E-state index contributed by atoms with van der Waals surface area (Å²) < 4.78 is 34.1. The fourth-order valence-corrected chi connectivity index (χ4v) is 4.81. The summed E-state index contributed by atoms with van der Waals surface area (Å²) >= 11 is 0. The number of carbonyl (C=O) groups is 1. The molecule has 0 radical (unpaired) electrons. The second-order valence-corrected chi connectivity index (χ2v) is 9.44. The summed E-state index contributed by atoms with van der Waals surface area (Å²) in [6.45, 7) is 8.16. The molecule has 0 aliphatic carbocycles. The van der Waals surface area contributed by atoms with Crippen LogP contribution >= 0.6 is 0 Å². The Balaban J connectivity index is 1.98. The van der Waals surface area contributed by atoms with Crippen molar-refractivity contribution in [1.29, 1.82) is 0 Å². The molecule has 2 aromatic carbocycles. The van der Waals surface area contributed by atoms with Crippen molar-refractivity contribution in [2.45, 2.75) is 45.4 Å². The Hall–Kier alpha value is -2.54. The second kappa shape index (κ2) is 8.06. The first-order valence-corrected chi connectivity index (χ1v) is 11.2. The number of nitrogens with one attached hydrogen (secondary N) is 1. The van der Waals surface area contributed by atoms with E-state index < -0.39 is 10.0 Å². The van der Waals surface area contributed by atoms with Gasteiger partial charge in [-0.2, -0.15) is 0 Å². The molecular formula is C22H28N2O4S. The molecule has 0 saturated carbocycles. The fourth-order valence-electron chi connectivity index (χ4n) is 3.52. The van der Waals surface area contributed by atoms with Gasteiger partial charge in [0.1, 0.15) is 10.6 Å². The van der Waals surface area contributed by atoms with Crippen molar-refractivity contribution in [3.63, 3.8) is 0 Å². The van der Waals surface area contributed by atoms with E-state index in [1.807, 2.05) is 33.8 Å². The zero-order valence-corrected chi connectivity index (χ0v) is 18.4. The number of anilines is 2. The Kier molecular flexibility index (Phi) is 5.89. The van der Waals surface area contributed by atoms with Gasteiger partial charge in [-0.1, -0.05) is 19.9 Å². The van der Waals surface area contributed by atoms with Crippen LogP contribution in [0, 0.1) is 19.8 Å². The largest absolute Gasteiger partial charge is 0.495 e. The molecule has 0 atom stereocenters. The number of hydrogen-bond acceptors (Lipinski definition) is 4. The molecule has 1 N–H and O–H groups in total. The minimum atomic E-state index is -3.85. The quantitative estimate of drug-likeness (QED) is 0.798. The highest BCUT2D eigenvalue weighted by Gasteiger charge is 2.26. The normalized spacial score (nSPS) is 13.9. The van der Waals surface area contributed by atoms with Gasteiger partial charge in [-0.25, -0.2) is 8.42 Å². The van der Waals surface area contributed by atoms with E-state index in [0.29, 0.717) is 18.0 Å². The SMILES string of the molecule is COc1cc(C)c(C)cc1S(=O)(=O)Nc1ccc2c(c1)N(C(=O)C(C)C)CCC2. The van der Waals surface area contributed by atoms with Gasteiger partial charge in [0.25, 0.3) is 10.0 Å². The molecule has 1 aliphatic rings. The van der Waals surface area contributed by atoms with Crippen LogP contribution in [0.15, 0.2) is 35.2 Å². The standard InChI is InChI=1S/C22H28N2O4S/c1-14(2)22(25)24-10-6-7-17-8-9-18(13-19(17)24)23-29(26,27)21-12-16(4)15(3)11-20(21)28-5/h8-9,11-14,23H,6-7,10H2,1-5H3. The first-order valence-electron chi connectivity index (χ1n) is 9.76. The van der Waals surface area contributed by atoms with E-state index in [9.17, 15) is 13.2 Å². The first-order chi connectivity index (χ1) is 13.6. The van der Waals surface area contributed by atoms with Crippen LogP contribution in [-0.2, 0) is 21.2 Å². The average molecular weight is 417 g/mol. The van der Waals surface area contributed by atoms with Crippen molar-refractivity contribution in [2.75, 3.05) is 23.3 Å². The number of aryl methyl sites for hydroxylation is 3. The third kappa shape index (κ3) is 4.24. The maximum Gasteiger partial charge on any atom is 0.265 e. The van der Waals surface area contributed by atoms with E-state index >= 15 is 0 Å². The lowest BCUT2D eigenvalue weighted by molar-refractivity contribution is -0.121. The van der Waals surface area contributed by atoms with Crippen LogP contribution < -0.4 is 14.4 Å². The molecule has 0 aromatic heterocycles. The first kappa shape index (κ1) is 21.2.